The molecule has 0 saturated carbocycles. The first-order valence-corrected chi connectivity index (χ1v) is 6.40. The molecule has 2 aromatic carbocycles. The molecule has 0 bridgehead atoms. The van der Waals surface area contributed by atoms with Crippen LogP contribution in [0.25, 0.3) is 10.8 Å². The summed E-state index contributed by atoms with van der Waals surface area (Å²) in [5, 5.41) is 9.53. The van der Waals surface area contributed by atoms with Gasteiger partial charge in [-0.2, -0.15) is 0 Å². The number of ether oxygens (including phenoxy) is 1. The lowest BCUT2D eigenvalue weighted by atomic mass is 9.96. The molecule has 0 radical (unpaired) electrons. The number of rotatable bonds is 2. The number of piperazine rings is 1. The highest BCUT2D eigenvalue weighted by Crippen LogP contribution is 2.33. The largest absolute Gasteiger partial charge is 0.496 e. The van der Waals surface area contributed by atoms with Gasteiger partial charge in [-0.3, -0.25) is 0 Å². The molecule has 0 aromatic heterocycles. The van der Waals surface area contributed by atoms with Gasteiger partial charge in [0.15, 0.2) is 0 Å². The first kappa shape index (κ1) is 14.1. The number of halogens is 1. The number of benzene rings is 2. The second kappa shape index (κ2) is 6.24. The van der Waals surface area contributed by atoms with Gasteiger partial charge in [-0.15, -0.1) is 12.4 Å². The minimum absolute atomic E-state index is 0. The SMILES string of the molecule is COc1ccc2ccccc2c1[C@@H]1CNCCN1.Cl. The lowest BCUT2D eigenvalue weighted by Crippen LogP contribution is -2.42. The van der Waals surface area contributed by atoms with E-state index in [0.717, 1.165) is 25.4 Å². The molecule has 0 aliphatic carbocycles. The predicted octanol–water partition coefficient (Wildman–Crippen LogP) is 2.50. The van der Waals surface area contributed by atoms with Crippen molar-refractivity contribution in [3.05, 3.63) is 42.0 Å². The van der Waals surface area contributed by atoms with Gasteiger partial charge in [0, 0.05) is 31.2 Å². The minimum atomic E-state index is 0. The van der Waals surface area contributed by atoms with E-state index in [4.69, 9.17) is 4.74 Å². The van der Waals surface area contributed by atoms with E-state index < -0.39 is 0 Å². The highest BCUT2D eigenvalue weighted by Gasteiger charge is 2.20. The molecule has 2 N–H and O–H groups in total. The van der Waals surface area contributed by atoms with Crippen molar-refractivity contribution in [1.82, 2.24) is 10.6 Å². The Kier molecular flexibility index (Phi) is 4.64. The van der Waals surface area contributed by atoms with E-state index in [9.17, 15) is 0 Å². The van der Waals surface area contributed by atoms with Crippen LogP contribution in [0.4, 0.5) is 0 Å². The molecule has 1 heterocycles. The molecule has 0 unspecified atom stereocenters. The fraction of sp³-hybridized carbons (Fsp3) is 0.333. The van der Waals surface area contributed by atoms with E-state index in [1.165, 1.54) is 16.3 Å². The molecular weight excluding hydrogens is 260 g/mol. The summed E-state index contributed by atoms with van der Waals surface area (Å²) in [6.45, 7) is 2.98. The van der Waals surface area contributed by atoms with Gasteiger partial charge in [-0.05, 0) is 16.8 Å². The van der Waals surface area contributed by atoms with E-state index in [1.54, 1.807) is 7.11 Å². The third kappa shape index (κ3) is 2.68. The van der Waals surface area contributed by atoms with Gasteiger partial charge in [-0.1, -0.05) is 30.3 Å². The van der Waals surface area contributed by atoms with Crippen molar-refractivity contribution in [1.29, 1.82) is 0 Å². The van der Waals surface area contributed by atoms with E-state index >= 15 is 0 Å². The van der Waals surface area contributed by atoms with Crippen LogP contribution in [0.3, 0.4) is 0 Å². The summed E-state index contributed by atoms with van der Waals surface area (Å²) in [6.07, 6.45) is 0. The van der Waals surface area contributed by atoms with Gasteiger partial charge >= 0.3 is 0 Å². The summed E-state index contributed by atoms with van der Waals surface area (Å²) in [5.41, 5.74) is 1.27. The number of hydrogen-bond acceptors (Lipinski definition) is 3. The lowest BCUT2D eigenvalue weighted by molar-refractivity contribution is 0.384. The lowest BCUT2D eigenvalue weighted by Gasteiger charge is -2.27. The molecule has 1 aliphatic heterocycles. The molecule has 0 amide bonds. The number of nitrogens with one attached hydrogen (secondary N) is 2. The second-order valence-corrected chi connectivity index (χ2v) is 4.61. The first-order chi connectivity index (χ1) is 8.90. The monoisotopic (exact) mass is 278 g/mol. The Hall–Kier alpha value is -1.29. The summed E-state index contributed by atoms with van der Waals surface area (Å²) in [4.78, 5) is 0. The van der Waals surface area contributed by atoms with Crippen LogP contribution in [0.15, 0.2) is 36.4 Å². The molecule has 1 aliphatic rings. The third-order valence-corrected chi connectivity index (χ3v) is 3.54. The average molecular weight is 279 g/mol. The van der Waals surface area contributed by atoms with Gasteiger partial charge in [0.25, 0.3) is 0 Å². The van der Waals surface area contributed by atoms with Crippen molar-refractivity contribution in [3.63, 3.8) is 0 Å². The molecular formula is C15H19ClN2O. The molecule has 19 heavy (non-hydrogen) atoms. The van der Waals surface area contributed by atoms with E-state index in [-0.39, 0.29) is 12.4 Å². The Morgan fingerprint density at radius 2 is 1.95 bits per heavy atom. The molecule has 1 fully saturated rings. The Labute approximate surface area is 119 Å². The molecule has 3 nitrogen and oxygen atoms in total. The predicted molar refractivity (Wildman–Crippen MR) is 81.4 cm³/mol. The average Bonchev–Trinajstić information content (AvgIpc) is 2.47. The van der Waals surface area contributed by atoms with Crippen LogP contribution in [0.1, 0.15) is 11.6 Å². The molecule has 0 spiro atoms. The van der Waals surface area contributed by atoms with Gasteiger partial charge in [0.2, 0.25) is 0 Å². The molecule has 1 atom stereocenters. The first-order valence-electron chi connectivity index (χ1n) is 6.40. The number of methoxy groups -OCH3 is 1. The van der Waals surface area contributed by atoms with Gasteiger partial charge in [-0.25, -0.2) is 0 Å². The van der Waals surface area contributed by atoms with Crippen LogP contribution < -0.4 is 15.4 Å². The van der Waals surface area contributed by atoms with Crippen LogP contribution in [0.2, 0.25) is 0 Å². The maximum atomic E-state index is 5.54. The van der Waals surface area contributed by atoms with Crippen molar-refractivity contribution in [2.45, 2.75) is 6.04 Å². The van der Waals surface area contributed by atoms with E-state index in [2.05, 4.69) is 47.0 Å². The standard InChI is InChI=1S/C15H18N2O.ClH/c1-18-14-7-6-11-4-2-3-5-12(11)15(14)13-10-16-8-9-17-13;/h2-7,13,16-17H,8-10H2,1H3;1H/t13-;/m0./s1. The minimum Gasteiger partial charge on any atom is -0.496 e. The van der Waals surface area contributed by atoms with Crippen molar-refractivity contribution in [3.8, 4) is 5.75 Å². The van der Waals surface area contributed by atoms with Crippen molar-refractivity contribution in [2.24, 2.45) is 0 Å². The molecule has 4 heteroatoms. The fourth-order valence-electron chi connectivity index (χ4n) is 2.67. The zero-order valence-corrected chi connectivity index (χ0v) is 11.8. The van der Waals surface area contributed by atoms with Crippen LogP contribution in [-0.2, 0) is 0 Å². The fourth-order valence-corrected chi connectivity index (χ4v) is 2.67. The summed E-state index contributed by atoms with van der Waals surface area (Å²) < 4.78 is 5.54. The molecule has 2 aromatic rings. The Morgan fingerprint density at radius 1 is 1.11 bits per heavy atom. The Bertz CT molecular complexity index is 553. The second-order valence-electron chi connectivity index (χ2n) is 4.61. The maximum absolute atomic E-state index is 5.54. The number of fused-ring (bicyclic) bond motifs is 1. The topological polar surface area (TPSA) is 33.3 Å². The zero-order chi connectivity index (χ0) is 12.4. The smallest absolute Gasteiger partial charge is 0.124 e. The van der Waals surface area contributed by atoms with E-state index in [1.807, 2.05) is 0 Å². The van der Waals surface area contributed by atoms with Crippen molar-refractivity contribution < 1.29 is 4.74 Å². The molecule has 1 saturated heterocycles. The van der Waals surface area contributed by atoms with Gasteiger partial charge in [0.05, 0.1) is 7.11 Å². The summed E-state index contributed by atoms with van der Waals surface area (Å²) >= 11 is 0. The van der Waals surface area contributed by atoms with Crippen molar-refractivity contribution >= 4 is 23.2 Å². The van der Waals surface area contributed by atoms with Crippen LogP contribution in [-0.4, -0.2) is 26.7 Å². The van der Waals surface area contributed by atoms with E-state index in [0.29, 0.717) is 6.04 Å². The summed E-state index contributed by atoms with van der Waals surface area (Å²) in [7, 11) is 1.74. The quantitative estimate of drug-likeness (QED) is 0.886. The van der Waals surface area contributed by atoms with Gasteiger partial charge in [0.1, 0.15) is 5.75 Å². The summed E-state index contributed by atoms with van der Waals surface area (Å²) in [5.74, 6) is 0.968. The van der Waals surface area contributed by atoms with Crippen LogP contribution in [0.5, 0.6) is 5.75 Å². The van der Waals surface area contributed by atoms with Crippen LogP contribution >= 0.6 is 12.4 Å². The normalized spacial score (nSPS) is 18.9. The summed E-state index contributed by atoms with van der Waals surface area (Å²) in [6, 6.07) is 13.0. The van der Waals surface area contributed by atoms with Crippen LogP contribution in [0, 0.1) is 0 Å². The van der Waals surface area contributed by atoms with Gasteiger partial charge < -0.3 is 15.4 Å². The number of hydrogen-bond donors (Lipinski definition) is 2. The highest BCUT2D eigenvalue weighted by atomic mass is 35.5. The van der Waals surface area contributed by atoms with Crippen molar-refractivity contribution in [2.75, 3.05) is 26.7 Å². The zero-order valence-electron chi connectivity index (χ0n) is 11.0. The maximum Gasteiger partial charge on any atom is 0.124 e. The Morgan fingerprint density at radius 3 is 2.68 bits per heavy atom. The Balaban J connectivity index is 0.00000133. The third-order valence-electron chi connectivity index (χ3n) is 3.54. The highest BCUT2D eigenvalue weighted by molar-refractivity contribution is 5.88. The molecule has 3 rings (SSSR count). The molecule has 102 valence electrons.